The number of nitrogens with zero attached hydrogens (tertiary/aromatic N) is 1. The summed E-state index contributed by atoms with van der Waals surface area (Å²) in [6, 6.07) is 15.0. The molecule has 2 fully saturated rings. The lowest BCUT2D eigenvalue weighted by atomic mass is 9.85. The van der Waals surface area contributed by atoms with Gasteiger partial charge < -0.3 is 15.2 Å². The van der Waals surface area contributed by atoms with Crippen molar-refractivity contribution in [2.24, 2.45) is 5.92 Å². The van der Waals surface area contributed by atoms with E-state index in [4.69, 9.17) is 4.74 Å². The second kappa shape index (κ2) is 9.40. The molecule has 9 nitrogen and oxygen atoms in total. The number of carboxylic acid groups (broad SMARTS) is 1. The molecule has 3 aliphatic rings. The second-order valence-electron chi connectivity index (χ2n) is 9.32. The van der Waals surface area contributed by atoms with Gasteiger partial charge in [-0.2, -0.15) is 0 Å². The van der Waals surface area contributed by atoms with Crippen molar-refractivity contribution in [3.05, 3.63) is 59.7 Å². The van der Waals surface area contributed by atoms with Crippen LogP contribution in [0.25, 0.3) is 11.1 Å². The number of fused-ring (bicyclic) bond motifs is 3. The molecule has 1 unspecified atom stereocenters. The van der Waals surface area contributed by atoms with Gasteiger partial charge in [0.05, 0.1) is 6.42 Å². The van der Waals surface area contributed by atoms with Gasteiger partial charge in [-0.15, -0.1) is 0 Å². The Morgan fingerprint density at radius 1 is 0.971 bits per heavy atom. The third-order valence-corrected chi connectivity index (χ3v) is 7.20. The lowest BCUT2D eigenvalue weighted by molar-refractivity contribution is -0.153. The molecule has 0 radical (unpaired) electrons. The minimum Gasteiger partial charge on any atom is -0.480 e. The van der Waals surface area contributed by atoms with Gasteiger partial charge >= 0.3 is 12.1 Å². The SMILES string of the molecule is O=C1CC(C(=O)O)N(C(=O)C2CCC(NC(=O)OCC3c4ccccc4-c4ccccc43)CC2)N1. The molecule has 1 aliphatic heterocycles. The highest BCUT2D eigenvalue weighted by Crippen LogP contribution is 2.44. The molecule has 35 heavy (non-hydrogen) atoms. The van der Waals surface area contributed by atoms with Crippen molar-refractivity contribution >= 4 is 23.9 Å². The lowest BCUT2D eigenvalue weighted by Gasteiger charge is -2.31. The summed E-state index contributed by atoms with van der Waals surface area (Å²) in [5.74, 6) is -2.48. The number of alkyl carbamates (subject to hydrolysis) is 1. The van der Waals surface area contributed by atoms with Gasteiger partial charge in [0.2, 0.25) is 11.8 Å². The van der Waals surface area contributed by atoms with Gasteiger partial charge in [-0.1, -0.05) is 48.5 Å². The molecule has 0 aromatic heterocycles. The minimum absolute atomic E-state index is 0.0145. The molecular weight excluding hydrogens is 450 g/mol. The number of carbonyl (C=O) groups excluding carboxylic acids is 3. The summed E-state index contributed by atoms with van der Waals surface area (Å²) in [7, 11) is 0. The Bertz CT molecular complexity index is 1130. The summed E-state index contributed by atoms with van der Waals surface area (Å²) in [6.45, 7) is 0.235. The molecule has 3 N–H and O–H groups in total. The molecule has 2 aromatic rings. The molecule has 0 spiro atoms. The van der Waals surface area contributed by atoms with Crippen LogP contribution in [0.2, 0.25) is 0 Å². The number of ether oxygens (including phenoxy) is 1. The van der Waals surface area contributed by atoms with Crippen molar-refractivity contribution in [1.82, 2.24) is 15.8 Å². The first-order chi connectivity index (χ1) is 16.9. The average molecular weight is 478 g/mol. The van der Waals surface area contributed by atoms with Crippen molar-refractivity contribution < 1.29 is 29.0 Å². The predicted octanol–water partition coefficient (Wildman–Crippen LogP) is 2.80. The first-order valence-electron chi connectivity index (χ1n) is 11.9. The van der Waals surface area contributed by atoms with E-state index in [1.807, 2.05) is 24.3 Å². The fourth-order valence-electron chi connectivity index (χ4n) is 5.42. The van der Waals surface area contributed by atoms with Crippen LogP contribution in [0.1, 0.15) is 49.1 Å². The molecule has 1 saturated carbocycles. The zero-order valence-electron chi connectivity index (χ0n) is 19.1. The van der Waals surface area contributed by atoms with Crippen LogP contribution in [0.5, 0.6) is 0 Å². The highest BCUT2D eigenvalue weighted by molar-refractivity contribution is 5.94. The van der Waals surface area contributed by atoms with Crippen molar-refractivity contribution in [1.29, 1.82) is 0 Å². The van der Waals surface area contributed by atoms with Crippen molar-refractivity contribution in [3.8, 4) is 11.1 Å². The highest BCUT2D eigenvalue weighted by Gasteiger charge is 2.42. The Hall–Kier alpha value is -3.88. The summed E-state index contributed by atoms with van der Waals surface area (Å²) < 4.78 is 5.61. The van der Waals surface area contributed by atoms with E-state index in [0.717, 1.165) is 16.1 Å². The lowest BCUT2D eigenvalue weighted by Crippen LogP contribution is -2.50. The number of aliphatic carboxylic acids is 1. The largest absolute Gasteiger partial charge is 0.480 e. The van der Waals surface area contributed by atoms with Crippen molar-refractivity contribution in [2.45, 2.75) is 50.1 Å². The summed E-state index contributed by atoms with van der Waals surface area (Å²) in [6.07, 6.45) is 1.40. The molecule has 0 bridgehead atoms. The fraction of sp³-hybridized carbons (Fsp3) is 0.385. The zero-order chi connectivity index (χ0) is 24.5. The number of rotatable bonds is 5. The Morgan fingerprint density at radius 2 is 1.57 bits per heavy atom. The van der Waals surface area contributed by atoms with E-state index >= 15 is 0 Å². The molecule has 5 rings (SSSR count). The molecule has 2 aliphatic carbocycles. The van der Waals surface area contributed by atoms with E-state index < -0.39 is 29.9 Å². The van der Waals surface area contributed by atoms with E-state index in [9.17, 15) is 24.3 Å². The van der Waals surface area contributed by atoms with E-state index in [2.05, 4.69) is 35.0 Å². The molecule has 182 valence electrons. The predicted molar refractivity (Wildman–Crippen MR) is 125 cm³/mol. The van der Waals surface area contributed by atoms with Crippen molar-refractivity contribution in [2.75, 3.05) is 6.61 Å². The van der Waals surface area contributed by atoms with Gasteiger partial charge in [-0.05, 0) is 47.9 Å². The summed E-state index contributed by atoms with van der Waals surface area (Å²) in [5, 5.41) is 13.1. The maximum absolute atomic E-state index is 12.8. The highest BCUT2D eigenvalue weighted by atomic mass is 16.5. The van der Waals surface area contributed by atoms with Crippen LogP contribution in [-0.4, -0.2) is 52.7 Å². The average Bonchev–Trinajstić information content (AvgIpc) is 3.41. The maximum atomic E-state index is 12.8. The third-order valence-electron chi connectivity index (χ3n) is 7.20. The summed E-state index contributed by atoms with van der Waals surface area (Å²) in [4.78, 5) is 48.3. The number of nitrogens with one attached hydrogen (secondary N) is 2. The van der Waals surface area contributed by atoms with Crippen LogP contribution in [0, 0.1) is 5.92 Å². The number of benzene rings is 2. The molecule has 1 heterocycles. The molecule has 1 saturated heterocycles. The molecule has 1 atom stereocenters. The Labute approximate surface area is 202 Å². The van der Waals surface area contributed by atoms with Gasteiger partial charge in [0.15, 0.2) is 6.04 Å². The van der Waals surface area contributed by atoms with E-state index in [1.165, 1.54) is 11.1 Å². The first kappa shape index (κ1) is 22.9. The Kier molecular flexibility index (Phi) is 6.15. The first-order valence-corrected chi connectivity index (χ1v) is 11.9. The van der Waals surface area contributed by atoms with Crippen LogP contribution in [0.4, 0.5) is 4.79 Å². The maximum Gasteiger partial charge on any atom is 0.407 e. The van der Waals surface area contributed by atoms with Gasteiger partial charge in [0.25, 0.3) is 0 Å². The van der Waals surface area contributed by atoms with Gasteiger partial charge in [-0.25, -0.2) is 14.6 Å². The Morgan fingerprint density at radius 3 is 2.17 bits per heavy atom. The summed E-state index contributed by atoms with van der Waals surface area (Å²) >= 11 is 0. The second-order valence-corrected chi connectivity index (χ2v) is 9.32. The van der Waals surface area contributed by atoms with Crippen LogP contribution >= 0.6 is 0 Å². The van der Waals surface area contributed by atoms with Crippen molar-refractivity contribution in [3.63, 3.8) is 0 Å². The van der Waals surface area contributed by atoms with Crippen LogP contribution in [0.3, 0.4) is 0 Å². The Balaban J connectivity index is 1.13. The third kappa shape index (κ3) is 4.45. The van der Waals surface area contributed by atoms with Gasteiger partial charge in [-0.3, -0.25) is 15.0 Å². The number of hydrazine groups is 1. The molecule has 2 aromatic carbocycles. The van der Waals surface area contributed by atoms with Crippen LogP contribution in [-0.2, 0) is 19.1 Å². The standard InChI is InChI=1S/C26H27N3O6/c30-23-13-22(25(32)33)29(28-23)24(31)15-9-11-16(12-10-15)27-26(34)35-14-21-19-7-3-1-5-17(19)18-6-2-4-8-20(18)21/h1-8,15-16,21-22H,9-14H2,(H,27,34)(H,28,30)(H,32,33). The topological polar surface area (TPSA) is 125 Å². The molecule has 3 amide bonds. The number of carboxylic acids is 1. The van der Waals surface area contributed by atoms with E-state index in [-0.39, 0.29) is 30.9 Å². The number of hydrogen-bond acceptors (Lipinski definition) is 5. The molecule has 9 heteroatoms. The van der Waals surface area contributed by atoms with E-state index in [1.54, 1.807) is 0 Å². The number of amides is 3. The summed E-state index contributed by atoms with van der Waals surface area (Å²) in [5.41, 5.74) is 6.98. The van der Waals surface area contributed by atoms with Crippen LogP contribution in [0.15, 0.2) is 48.5 Å². The molecular formula is C26H27N3O6. The smallest absolute Gasteiger partial charge is 0.407 e. The van der Waals surface area contributed by atoms with Gasteiger partial charge in [0.1, 0.15) is 6.61 Å². The quantitative estimate of drug-likeness (QED) is 0.608. The zero-order valence-corrected chi connectivity index (χ0v) is 19.1. The number of carbonyl (C=O) groups is 4. The van der Waals surface area contributed by atoms with Gasteiger partial charge in [0, 0.05) is 17.9 Å². The minimum atomic E-state index is -1.21. The van der Waals surface area contributed by atoms with Crippen LogP contribution < -0.4 is 10.7 Å². The monoisotopic (exact) mass is 477 g/mol. The number of hydrogen-bond donors (Lipinski definition) is 3. The fourth-order valence-corrected chi connectivity index (χ4v) is 5.42. The normalized spacial score (nSPS) is 23.3. The van der Waals surface area contributed by atoms with E-state index in [0.29, 0.717) is 25.7 Å².